The molecule has 26 heavy (non-hydrogen) atoms. The number of imidazole rings is 1. The Morgan fingerprint density at radius 2 is 2.12 bits per heavy atom. The number of rotatable bonds is 6. The summed E-state index contributed by atoms with van der Waals surface area (Å²) < 4.78 is 13.6. The van der Waals surface area contributed by atoms with E-state index in [-0.39, 0.29) is 6.10 Å². The second-order valence-corrected chi connectivity index (χ2v) is 6.37. The molecule has 2 aromatic carbocycles. The maximum absolute atomic E-state index is 10.5. The minimum Gasteiger partial charge on any atom is -0.491 e. The van der Waals surface area contributed by atoms with Crippen molar-refractivity contribution in [3.8, 4) is 11.4 Å². The summed E-state index contributed by atoms with van der Waals surface area (Å²) in [6, 6.07) is 13.5. The van der Waals surface area contributed by atoms with Crippen LogP contribution in [-0.4, -0.2) is 35.3 Å². The average Bonchev–Trinajstić information content (AvgIpc) is 3.11. The van der Waals surface area contributed by atoms with Crippen LogP contribution in [0.15, 0.2) is 48.8 Å². The largest absolute Gasteiger partial charge is 0.491 e. The molecule has 0 aliphatic carbocycles. The van der Waals surface area contributed by atoms with Crippen LogP contribution in [0.5, 0.6) is 5.75 Å². The molecule has 1 saturated heterocycles. The molecule has 134 valence electrons. The summed E-state index contributed by atoms with van der Waals surface area (Å²) >= 11 is 0. The van der Waals surface area contributed by atoms with Crippen LogP contribution in [0.1, 0.15) is 19.3 Å². The highest BCUT2D eigenvalue weighted by atomic mass is 16.5. The fourth-order valence-electron chi connectivity index (χ4n) is 3.20. The van der Waals surface area contributed by atoms with Crippen LogP contribution in [0, 0.1) is 0 Å². The molecular formula is C20H21N3O3. The summed E-state index contributed by atoms with van der Waals surface area (Å²) in [7, 11) is 0. The Morgan fingerprint density at radius 3 is 2.88 bits per heavy atom. The first-order chi connectivity index (χ1) is 12.8. The quantitative estimate of drug-likeness (QED) is 0.690. The third-order valence-electron chi connectivity index (χ3n) is 4.60. The fourth-order valence-corrected chi connectivity index (χ4v) is 3.20. The summed E-state index contributed by atoms with van der Waals surface area (Å²) in [4.78, 5) is 15.0. The topological polar surface area (TPSA) is 65.4 Å². The number of carbonyl (C=O) groups excluding carboxylic acids is 1. The lowest BCUT2D eigenvalue weighted by molar-refractivity contribution is -0.105. The minimum atomic E-state index is 0.190. The number of benzene rings is 2. The van der Waals surface area contributed by atoms with Crippen LogP contribution in [0.4, 0.5) is 5.69 Å². The summed E-state index contributed by atoms with van der Waals surface area (Å²) in [5.41, 5.74) is 3.62. The Labute approximate surface area is 151 Å². The second kappa shape index (κ2) is 7.58. The van der Waals surface area contributed by atoms with E-state index in [1.807, 2.05) is 47.0 Å². The molecular weight excluding hydrogens is 330 g/mol. The van der Waals surface area contributed by atoms with E-state index >= 15 is 0 Å². The van der Waals surface area contributed by atoms with Gasteiger partial charge in [0.2, 0.25) is 6.41 Å². The number of hydrogen-bond acceptors (Lipinski definition) is 4. The number of fused-ring (bicyclic) bond motifs is 1. The molecule has 1 aliphatic rings. The first-order valence-corrected chi connectivity index (χ1v) is 8.85. The van der Waals surface area contributed by atoms with Crippen LogP contribution in [0.2, 0.25) is 0 Å². The van der Waals surface area contributed by atoms with Crippen LogP contribution in [-0.2, 0) is 9.53 Å². The normalized spacial score (nSPS) is 17.2. The predicted molar refractivity (Wildman–Crippen MR) is 99.8 cm³/mol. The van der Waals surface area contributed by atoms with Gasteiger partial charge in [0.05, 0.1) is 17.1 Å². The molecule has 1 atom stereocenters. The van der Waals surface area contributed by atoms with Gasteiger partial charge >= 0.3 is 0 Å². The number of carbonyl (C=O) groups is 1. The van der Waals surface area contributed by atoms with E-state index in [1.165, 1.54) is 6.42 Å². The number of amides is 1. The Morgan fingerprint density at radius 1 is 1.23 bits per heavy atom. The second-order valence-electron chi connectivity index (χ2n) is 6.37. The summed E-state index contributed by atoms with van der Waals surface area (Å²) in [6.45, 7) is 1.41. The Bertz CT molecular complexity index is 883. The van der Waals surface area contributed by atoms with Gasteiger partial charge in [-0.1, -0.05) is 0 Å². The van der Waals surface area contributed by atoms with Crippen molar-refractivity contribution in [2.75, 3.05) is 18.5 Å². The highest BCUT2D eigenvalue weighted by molar-refractivity contribution is 5.79. The minimum absolute atomic E-state index is 0.190. The van der Waals surface area contributed by atoms with Gasteiger partial charge < -0.3 is 14.8 Å². The monoisotopic (exact) mass is 351 g/mol. The lowest BCUT2D eigenvalue weighted by Crippen LogP contribution is -2.25. The summed E-state index contributed by atoms with van der Waals surface area (Å²) in [5.74, 6) is 0.808. The van der Waals surface area contributed by atoms with Gasteiger partial charge in [0.25, 0.3) is 0 Å². The molecule has 6 nitrogen and oxygen atoms in total. The maximum atomic E-state index is 10.5. The fraction of sp³-hybridized carbons (Fsp3) is 0.300. The zero-order valence-corrected chi connectivity index (χ0v) is 14.4. The van der Waals surface area contributed by atoms with Gasteiger partial charge in [0, 0.05) is 24.0 Å². The molecule has 4 rings (SSSR count). The van der Waals surface area contributed by atoms with E-state index in [4.69, 9.17) is 9.47 Å². The zero-order chi connectivity index (χ0) is 17.8. The van der Waals surface area contributed by atoms with E-state index in [0.717, 1.165) is 47.6 Å². The first-order valence-electron chi connectivity index (χ1n) is 8.85. The van der Waals surface area contributed by atoms with Crippen molar-refractivity contribution in [1.29, 1.82) is 0 Å². The van der Waals surface area contributed by atoms with Crippen molar-refractivity contribution >= 4 is 23.1 Å². The number of aromatic nitrogens is 2. The van der Waals surface area contributed by atoms with Crippen LogP contribution < -0.4 is 10.1 Å². The lowest BCUT2D eigenvalue weighted by atomic mass is 10.1. The molecule has 0 spiro atoms. The molecule has 0 saturated carbocycles. The van der Waals surface area contributed by atoms with E-state index in [1.54, 1.807) is 6.33 Å². The van der Waals surface area contributed by atoms with Gasteiger partial charge in [-0.05, 0) is 55.7 Å². The average molecular weight is 351 g/mol. The van der Waals surface area contributed by atoms with Crippen molar-refractivity contribution in [2.24, 2.45) is 0 Å². The summed E-state index contributed by atoms with van der Waals surface area (Å²) in [5, 5.41) is 2.63. The number of nitrogens with zero attached hydrogens (tertiary/aromatic N) is 2. The van der Waals surface area contributed by atoms with Gasteiger partial charge in [-0.15, -0.1) is 0 Å². The molecule has 1 unspecified atom stereocenters. The Balaban J connectivity index is 1.50. The molecule has 3 aromatic rings. The molecule has 0 bridgehead atoms. The van der Waals surface area contributed by atoms with E-state index in [0.29, 0.717) is 13.0 Å². The Hall–Kier alpha value is -2.86. The van der Waals surface area contributed by atoms with E-state index in [9.17, 15) is 4.79 Å². The standard InChI is InChI=1S/C20H21N3O3/c24-14-22-15-4-6-16(7-5-15)23-13-21-19-11-17(8-9-20(19)23)26-12-18-3-1-2-10-25-18/h4-9,11,13-14,18H,1-3,10,12H2,(H,22,24). The van der Waals surface area contributed by atoms with Crippen molar-refractivity contribution in [2.45, 2.75) is 25.4 Å². The van der Waals surface area contributed by atoms with Gasteiger partial charge in [-0.3, -0.25) is 9.36 Å². The predicted octanol–water partition coefficient (Wildman–Crippen LogP) is 3.54. The van der Waals surface area contributed by atoms with Gasteiger partial charge in [-0.2, -0.15) is 0 Å². The highest BCUT2D eigenvalue weighted by Gasteiger charge is 2.14. The molecule has 2 heterocycles. The van der Waals surface area contributed by atoms with E-state index in [2.05, 4.69) is 10.3 Å². The third-order valence-corrected chi connectivity index (χ3v) is 4.60. The molecule has 1 aliphatic heterocycles. The third kappa shape index (κ3) is 3.55. The number of anilines is 1. The summed E-state index contributed by atoms with van der Waals surface area (Å²) in [6.07, 6.45) is 6.06. The number of ether oxygens (including phenoxy) is 2. The van der Waals surface area contributed by atoms with Gasteiger partial charge in [0.15, 0.2) is 0 Å². The van der Waals surface area contributed by atoms with Crippen molar-refractivity contribution in [1.82, 2.24) is 9.55 Å². The van der Waals surface area contributed by atoms with Crippen LogP contribution in [0.25, 0.3) is 16.7 Å². The SMILES string of the molecule is O=CNc1ccc(-n2cnc3cc(OCC4CCCCO4)ccc32)cc1. The lowest BCUT2D eigenvalue weighted by Gasteiger charge is -2.22. The Kier molecular flexibility index (Phi) is 4.84. The smallest absolute Gasteiger partial charge is 0.211 e. The maximum Gasteiger partial charge on any atom is 0.211 e. The number of hydrogen-bond donors (Lipinski definition) is 1. The number of nitrogens with one attached hydrogen (secondary N) is 1. The van der Waals surface area contributed by atoms with Crippen molar-refractivity contribution in [3.63, 3.8) is 0 Å². The molecule has 1 N–H and O–H groups in total. The molecule has 1 amide bonds. The van der Waals surface area contributed by atoms with Gasteiger partial charge in [0.1, 0.15) is 18.7 Å². The molecule has 1 aromatic heterocycles. The highest BCUT2D eigenvalue weighted by Crippen LogP contribution is 2.24. The van der Waals surface area contributed by atoms with Crippen LogP contribution in [0.3, 0.4) is 0 Å². The van der Waals surface area contributed by atoms with Gasteiger partial charge in [-0.25, -0.2) is 4.98 Å². The molecule has 6 heteroatoms. The first kappa shape index (κ1) is 16.6. The molecule has 0 radical (unpaired) electrons. The van der Waals surface area contributed by atoms with E-state index < -0.39 is 0 Å². The van der Waals surface area contributed by atoms with Crippen LogP contribution >= 0.6 is 0 Å². The molecule has 1 fully saturated rings. The van der Waals surface area contributed by atoms with Crippen molar-refractivity contribution in [3.05, 3.63) is 48.8 Å². The van der Waals surface area contributed by atoms with Crippen molar-refractivity contribution < 1.29 is 14.3 Å². The zero-order valence-electron chi connectivity index (χ0n) is 14.4.